The fourth-order valence-electron chi connectivity index (χ4n) is 2.56. The first-order valence-electron chi connectivity index (χ1n) is 7.63. The Kier molecular flexibility index (Phi) is 4.88. The Balaban J connectivity index is 1.65. The van der Waals surface area contributed by atoms with E-state index in [0.717, 1.165) is 5.56 Å². The first kappa shape index (κ1) is 16.2. The molecule has 2 aromatic carbocycles. The molecule has 0 aliphatic carbocycles. The van der Waals surface area contributed by atoms with E-state index >= 15 is 0 Å². The summed E-state index contributed by atoms with van der Waals surface area (Å²) in [4.78, 5) is 11.3. The van der Waals surface area contributed by atoms with Gasteiger partial charge in [0.25, 0.3) is 0 Å². The summed E-state index contributed by atoms with van der Waals surface area (Å²) >= 11 is 0. The van der Waals surface area contributed by atoms with Crippen molar-refractivity contribution in [2.75, 3.05) is 6.61 Å². The van der Waals surface area contributed by atoms with Crippen molar-refractivity contribution >= 4 is 16.9 Å². The molecule has 0 fully saturated rings. The Morgan fingerprint density at radius 2 is 1.83 bits per heavy atom. The van der Waals surface area contributed by atoms with E-state index in [1.165, 1.54) is 4.68 Å². The highest BCUT2D eigenvalue weighted by Gasteiger charge is 2.17. The summed E-state index contributed by atoms with van der Waals surface area (Å²) < 4.78 is 7.02. The lowest BCUT2D eigenvalue weighted by atomic mass is 10.2. The van der Waals surface area contributed by atoms with Crippen molar-refractivity contribution in [1.82, 2.24) is 9.78 Å². The fraction of sp³-hybridized carbons (Fsp3) is 0.222. The maximum absolute atomic E-state index is 11.3. The second-order valence-corrected chi connectivity index (χ2v) is 5.51. The molecule has 0 aliphatic heterocycles. The van der Waals surface area contributed by atoms with Crippen molar-refractivity contribution in [3.05, 3.63) is 65.9 Å². The predicted molar refractivity (Wildman–Crippen MR) is 88.8 cm³/mol. The minimum absolute atomic E-state index is 0.0111. The molecule has 0 radical (unpaired) electrons. The summed E-state index contributed by atoms with van der Waals surface area (Å²) in [6.45, 7) is 0.728. The van der Waals surface area contributed by atoms with Crippen LogP contribution in [0, 0.1) is 0 Å². The standard InChI is InChI=1S/C18H18N2O4/c21-14(12-24-11-13-6-2-1-3-7-13)10-20-16-9-5-4-8-15(16)17(19-20)18(22)23/h1-9,14,21H,10-12H2,(H,22,23). The highest BCUT2D eigenvalue weighted by molar-refractivity contribution is 6.01. The van der Waals surface area contributed by atoms with Gasteiger partial charge >= 0.3 is 5.97 Å². The molecule has 1 atom stereocenters. The van der Waals surface area contributed by atoms with Gasteiger partial charge in [0.05, 0.1) is 31.4 Å². The third-order valence-electron chi connectivity index (χ3n) is 3.67. The van der Waals surface area contributed by atoms with Crippen LogP contribution in [0.5, 0.6) is 0 Å². The van der Waals surface area contributed by atoms with Crippen LogP contribution in [0.1, 0.15) is 16.1 Å². The lowest BCUT2D eigenvalue weighted by Crippen LogP contribution is -2.22. The highest BCUT2D eigenvalue weighted by Crippen LogP contribution is 2.18. The van der Waals surface area contributed by atoms with E-state index in [0.29, 0.717) is 17.5 Å². The molecular formula is C18H18N2O4. The van der Waals surface area contributed by atoms with Gasteiger partial charge in [-0.25, -0.2) is 4.79 Å². The minimum Gasteiger partial charge on any atom is -0.476 e. The number of aromatic nitrogens is 2. The topological polar surface area (TPSA) is 84.6 Å². The number of nitrogens with zero attached hydrogens (tertiary/aromatic N) is 2. The Morgan fingerprint density at radius 3 is 2.58 bits per heavy atom. The van der Waals surface area contributed by atoms with Gasteiger partial charge in [-0.15, -0.1) is 0 Å². The molecule has 24 heavy (non-hydrogen) atoms. The predicted octanol–water partition coefficient (Wildman–Crippen LogP) is 2.31. The molecule has 124 valence electrons. The first-order valence-corrected chi connectivity index (χ1v) is 7.63. The van der Waals surface area contributed by atoms with Gasteiger partial charge in [0.15, 0.2) is 5.69 Å². The summed E-state index contributed by atoms with van der Waals surface area (Å²) in [5, 5.41) is 24.0. The Labute approximate surface area is 138 Å². The number of fused-ring (bicyclic) bond motifs is 1. The summed E-state index contributed by atoms with van der Waals surface area (Å²) in [6, 6.07) is 16.8. The van der Waals surface area contributed by atoms with Crippen LogP contribution in [0.3, 0.4) is 0 Å². The molecule has 0 aliphatic rings. The molecular weight excluding hydrogens is 308 g/mol. The number of hydrogen-bond donors (Lipinski definition) is 2. The van der Waals surface area contributed by atoms with Gasteiger partial charge in [0.1, 0.15) is 0 Å². The van der Waals surface area contributed by atoms with Gasteiger partial charge in [-0.3, -0.25) is 4.68 Å². The van der Waals surface area contributed by atoms with Crippen molar-refractivity contribution in [3.8, 4) is 0 Å². The number of carboxylic acids is 1. The van der Waals surface area contributed by atoms with E-state index in [4.69, 9.17) is 4.74 Å². The zero-order valence-corrected chi connectivity index (χ0v) is 13.0. The van der Waals surface area contributed by atoms with Gasteiger partial charge in [-0.2, -0.15) is 5.10 Å². The molecule has 1 aromatic heterocycles. The molecule has 3 aromatic rings. The Morgan fingerprint density at radius 1 is 1.12 bits per heavy atom. The lowest BCUT2D eigenvalue weighted by molar-refractivity contribution is 0.0192. The van der Waals surface area contributed by atoms with Crippen LogP contribution in [0.25, 0.3) is 10.9 Å². The van der Waals surface area contributed by atoms with Crippen LogP contribution in [0.2, 0.25) is 0 Å². The molecule has 0 saturated heterocycles. The maximum Gasteiger partial charge on any atom is 0.357 e. The second-order valence-electron chi connectivity index (χ2n) is 5.51. The van der Waals surface area contributed by atoms with Gasteiger partial charge in [-0.05, 0) is 11.6 Å². The summed E-state index contributed by atoms with van der Waals surface area (Å²) in [6.07, 6.45) is -0.779. The van der Waals surface area contributed by atoms with Crippen molar-refractivity contribution < 1.29 is 19.7 Å². The van der Waals surface area contributed by atoms with Crippen molar-refractivity contribution in [2.24, 2.45) is 0 Å². The zero-order chi connectivity index (χ0) is 16.9. The summed E-state index contributed by atoms with van der Waals surface area (Å²) in [5.74, 6) is -1.08. The number of carbonyl (C=O) groups is 1. The molecule has 0 saturated carbocycles. The molecule has 0 spiro atoms. The number of aliphatic hydroxyl groups excluding tert-OH is 1. The number of benzene rings is 2. The average Bonchev–Trinajstić information content (AvgIpc) is 2.95. The summed E-state index contributed by atoms with van der Waals surface area (Å²) in [5.41, 5.74) is 1.70. The Bertz CT molecular complexity index is 829. The van der Waals surface area contributed by atoms with E-state index in [9.17, 15) is 15.0 Å². The van der Waals surface area contributed by atoms with E-state index in [1.54, 1.807) is 18.2 Å². The average molecular weight is 326 g/mol. The van der Waals surface area contributed by atoms with Crippen LogP contribution in [-0.4, -0.2) is 38.7 Å². The van der Waals surface area contributed by atoms with Crippen LogP contribution in [0.15, 0.2) is 54.6 Å². The molecule has 1 unspecified atom stereocenters. The molecule has 3 rings (SSSR count). The highest BCUT2D eigenvalue weighted by atomic mass is 16.5. The van der Waals surface area contributed by atoms with Crippen LogP contribution in [-0.2, 0) is 17.9 Å². The molecule has 1 heterocycles. The van der Waals surface area contributed by atoms with Crippen molar-refractivity contribution in [3.63, 3.8) is 0 Å². The number of rotatable bonds is 7. The molecule has 2 N–H and O–H groups in total. The normalized spacial score (nSPS) is 12.4. The van der Waals surface area contributed by atoms with Gasteiger partial charge in [0.2, 0.25) is 0 Å². The molecule has 0 bridgehead atoms. The van der Waals surface area contributed by atoms with Gasteiger partial charge in [0, 0.05) is 5.39 Å². The number of para-hydroxylation sites is 1. The minimum atomic E-state index is -1.08. The van der Waals surface area contributed by atoms with Gasteiger partial charge < -0.3 is 14.9 Å². The number of hydrogen-bond acceptors (Lipinski definition) is 4. The second kappa shape index (κ2) is 7.25. The fourth-order valence-corrected chi connectivity index (χ4v) is 2.56. The number of carboxylic acid groups (broad SMARTS) is 1. The quantitative estimate of drug-likeness (QED) is 0.696. The van der Waals surface area contributed by atoms with E-state index in [-0.39, 0.29) is 18.8 Å². The van der Waals surface area contributed by atoms with Crippen LogP contribution in [0.4, 0.5) is 0 Å². The van der Waals surface area contributed by atoms with Crippen molar-refractivity contribution in [1.29, 1.82) is 0 Å². The molecule has 6 nitrogen and oxygen atoms in total. The lowest BCUT2D eigenvalue weighted by Gasteiger charge is -2.12. The van der Waals surface area contributed by atoms with Gasteiger partial charge in [-0.1, -0.05) is 48.5 Å². The monoisotopic (exact) mass is 326 g/mol. The largest absolute Gasteiger partial charge is 0.476 e. The molecule has 0 amide bonds. The van der Waals surface area contributed by atoms with E-state index in [2.05, 4.69) is 5.10 Å². The first-order chi connectivity index (χ1) is 11.6. The summed E-state index contributed by atoms with van der Waals surface area (Å²) in [7, 11) is 0. The molecule has 6 heteroatoms. The Hall–Kier alpha value is -2.70. The SMILES string of the molecule is O=C(O)c1nn(CC(O)COCc2ccccc2)c2ccccc12. The van der Waals surface area contributed by atoms with E-state index < -0.39 is 12.1 Å². The number of aliphatic hydroxyl groups is 1. The van der Waals surface area contributed by atoms with Crippen LogP contribution < -0.4 is 0 Å². The maximum atomic E-state index is 11.3. The van der Waals surface area contributed by atoms with Crippen molar-refractivity contribution in [2.45, 2.75) is 19.3 Å². The third-order valence-corrected chi connectivity index (χ3v) is 3.67. The third kappa shape index (κ3) is 3.61. The zero-order valence-electron chi connectivity index (χ0n) is 13.0. The van der Waals surface area contributed by atoms with Crippen LogP contribution >= 0.6 is 0 Å². The van der Waals surface area contributed by atoms with E-state index in [1.807, 2.05) is 36.4 Å². The number of aromatic carboxylic acids is 1. The number of ether oxygens (including phenoxy) is 1. The smallest absolute Gasteiger partial charge is 0.357 e.